The van der Waals surface area contributed by atoms with Crippen LogP contribution in [-0.4, -0.2) is 26.6 Å². The molecule has 1 aliphatic rings. The molecule has 6 nitrogen and oxygen atoms in total. The maximum atomic E-state index is 6.00. The summed E-state index contributed by atoms with van der Waals surface area (Å²) in [6.45, 7) is 0.441. The Balaban J connectivity index is 1.62. The van der Waals surface area contributed by atoms with Crippen LogP contribution in [0.4, 0.5) is 0 Å². The van der Waals surface area contributed by atoms with Crippen LogP contribution in [0.5, 0.6) is 0 Å². The number of fused-ring (bicyclic) bond motifs is 1. The molecular weight excluding hydrogens is 264 g/mol. The molecule has 0 aromatic carbocycles. The fraction of sp³-hybridized carbons (Fsp3) is 0.533. The first-order valence-electron chi connectivity index (χ1n) is 7.68. The van der Waals surface area contributed by atoms with E-state index >= 15 is 0 Å². The van der Waals surface area contributed by atoms with Crippen molar-refractivity contribution in [1.82, 2.24) is 19.9 Å². The lowest BCUT2D eigenvalue weighted by Crippen LogP contribution is -2.39. The normalized spacial score (nSPS) is 17.8. The zero-order valence-electron chi connectivity index (χ0n) is 12.2. The molecule has 1 saturated carbocycles. The van der Waals surface area contributed by atoms with Crippen molar-refractivity contribution in [3.05, 3.63) is 30.2 Å². The number of nitrogens with one attached hydrogen (secondary N) is 1. The van der Waals surface area contributed by atoms with Crippen LogP contribution < -0.4 is 11.1 Å². The minimum atomic E-state index is 0.441. The second-order valence-electron chi connectivity index (χ2n) is 5.58. The van der Waals surface area contributed by atoms with Crippen molar-refractivity contribution in [2.45, 2.75) is 51.1 Å². The van der Waals surface area contributed by atoms with E-state index in [0.717, 1.165) is 11.5 Å². The summed E-state index contributed by atoms with van der Waals surface area (Å²) < 4.78 is 1.93. The Morgan fingerprint density at radius 2 is 2.05 bits per heavy atom. The van der Waals surface area contributed by atoms with Crippen LogP contribution in [0, 0.1) is 0 Å². The molecule has 2 aromatic rings. The fourth-order valence-corrected chi connectivity index (χ4v) is 2.83. The topological polar surface area (TPSA) is 80.6 Å². The third kappa shape index (κ3) is 3.51. The summed E-state index contributed by atoms with van der Waals surface area (Å²) in [5.41, 5.74) is 6.83. The minimum Gasteiger partial charge on any atom is -0.370 e. The van der Waals surface area contributed by atoms with Gasteiger partial charge in [-0.15, -0.1) is 10.2 Å². The molecule has 3 N–H and O–H groups in total. The van der Waals surface area contributed by atoms with E-state index in [9.17, 15) is 0 Å². The number of rotatable bonds is 3. The lowest BCUT2D eigenvalue weighted by atomic mass is 10.1. The number of nitrogens with two attached hydrogens (primary N) is 1. The van der Waals surface area contributed by atoms with Gasteiger partial charge in [0.1, 0.15) is 6.54 Å². The Morgan fingerprint density at radius 3 is 2.86 bits per heavy atom. The van der Waals surface area contributed by atoms with Crippen LogP contribution in [0.15, 0.2) is 29.4 Å². The first kappa shape index (κ1) is 13.9. The van der Waals surface area contributed by atoms with Crippen molar-refractivity contribution < 1.29 is 0 Å². The van der Waals surface area contributed by atoms with E-state index in [0.29, 0.717) is 18.5 Å². The molecule has 6 heteroatoms. The van der Waals surface area contributed by atoms with Crippen molar-refractivity contribution in [3.63, 3.8) is 0 Å². The van der Waals surface area contributed by atoms with Crippen LogP contribution in [0.1, 0.15) is 44.3 Å². The first-order valence-corrected chi connectivity index (χ1v) is 7.68. The highest BCUT2D eigenvalue weighted by Gasteiger charge is 2.12. The maximum absolute atomic E-state index is 6.00. The minimum absolute atomic E-state index is 0.441. The summed E-state index contributed by atoms with van der Waals surface area (Å²) in [4.78, 5) is 4.40. The van der Waals surface area contributed by atoms with E-state index in [1.165, 1.54) is 38.5 Å². The van der Waals surface area contributed by atoms with Crippen LogP contribution in [0.3, 0.4) is 0 Å². The van der Waals surface area contributed by atoms with Gasteiger partial charge in [0, 0.05) is 12.2 Å². The summed E-state index contributed by atoms with van der Waals surface area (Å²) in [7, 11) is 0. The van der Waals surface area contributed by atoms with Crippen LogP contribution in [0.25, 0.3) is 5.65 Å². The van der Waals surface area contributed by atoms with Crippen LogP contribution in [0.2, 0.25) is 0 Å². The Bertz CT molecular complexity index is 609. The smallest absolute Gasteiger partial charge is 0.189 e. The van der Waals surface area contributed by atoms with Crippen molar-refractivity contribution in [1.29, 1.82) is 0 Å². The highest BCUT2D eigenvalue weighted by molar-refractivity contribution is 5.78. The Morgan fingerprint density at radius 1 is 1.24 bits per heavy atom. The van der Waals surface area contributed by atoms with Gasteiger partial charge in [-0.3, -0.25) is 4.40 Å². The standard InChI is InChI=1S/C15H22N6/c16-15(18-12-7-3-1-2-4-8-12)17-11-14-20-19-13-9-5-6-10-21(13)14/h5-6,9-10,12H,1-4,7-8,11H2,(H3,16,17,18). The lowest BCUT2D eigenvalue weighted by Gasteiger charge is -2.16. The van der Waals surface area contributed by atoms with Gasteiger partial charge in [-0.25, -0.2) is 4.99 Å². The van der Waals surface area contributed by atoms with Gasteiger partial charge in [0.25, 0.3) is 0 Å². The predicted molar refractivity (Wildman–Crippen MR) is 82.9 cm³/mol. The summed E-state index contributed by atoms with van der Waals surface area (Å²) >= 11 is 0. The quantitative estimate of drug-likeness (QED) is 0.512. The van der Waals surface area contributed by atoms with E-state index < -0.39 is 0 Å². The molecule has 0 amide bonds. The summed E-state index contributed by atoms with van der Waals surface area (Å²) in [6.07, 6.45) is 9.53. The monoisotopic (exact) mass is 286 g/mol. The van der Waals surface area contributed by atoms with E-state index in [1.54, 1.807) is 0 Å². The van der Waals surface area contributed by atoms with Gasteiger partial charge in [-0.1, -0.05) is 31.7 Å². The van der Waals surface area contributed by atoms with Crippen molar-refractivity contribution in [2.75, 3.05) is 0 Å². The molecule has 2 heterocycles. The summed E-state index contributed by atoms with van der Waals surface area (Å²) in [6, 6.07) is 6.29. The molecule has 0 spiro atoms. The zero-order chi connectivity index (χ0) is 14.5. The largest absolute Gasteiger partial charge is 0.370 e. The number of aliphatic imine (C=N–C) groups is 1. The highest BCUT2D eigenvalue weighted by Crippen LogP contribution is 2.16. The SMILES string of the molecule is NC(=NCc1nnc2ccccn12)NC1CCCCCC1. The molecule has 0 bridgehead atoms. The summed E-state index contributed by atoms with van der Waals surface area (Å²) in [5.74, 6) is 1.31. The highest BCUT2D eigenvalue weighted by atomic mass is 15.3. The molecule has 3 rings (SSSR count). The molecule has 2 aromatic heterocycles. The number of nitrogens with zero attached hydrogens (tertiary/aromatic N) is 4. The fourth-order valence-electron chi connectivity index (χ4n) is 2.83. The van der Waals surface area contributed by atoms with Crippen molar-refractivity contribution in [2.24, 2.45) is 10.7 Å². The Kier molecular flexibility index (Phi) is 4.33. The van der Waals surface area contributed by atoms with Gasteiger partial charge >= 0.3 is 0 Å². The molecule has 0 unspecified atom stereocenters. The van der Waals surface area contributed by atoms with Gasteiger partial charge in [-0.05, 0) is 25.0 Å². The maximum Gasteiger partial charge on any atom is 0.189 e. The molecule has 1 aliphatic carbocycles. The molecule has 0 aliphatic heterocycles. The van der Waals surface area contributed by atoms with Gasteiger partial charge in [0.2, 0.25) is 0 Å². The molecule has 0 radical (unpaired) electrons. The van der Waals surface area contributed by atoms with Gasteiger partial charge in [0.05, 0.1) is 0 Å². The zero-order valence-corrected chi connectivity index (χ0v) is 12.2. The number of pyridine rings is 1. The first-order chi connectivity index (χ1) is 10.3. The number of hydrogen-bond donors (Lipinski definition) is 2. The van der Waals surface area contributed by atoms with E-state index in [-0.39, 0.29) is 0 Å². The molecule has 112 valence electrons. The van der Waals surface area contributed by atoms with E-state index in [4.69, 9.17) is 5.73 Å². The van der Waals surface area contributed by atoms with Crippen molar-refractivity contribution >= 4 is 11.6 Å². The number of aromatic nitrogens is 3. The van der Waals surface area contributed by atoms with Crippen molar-refractivity contribution in [3.8, 4) is 0 Å². The molecule has 21 heavy (non-hydrogen) atoms. The van der Waals surface area contributed by atoms with E-state index in [2.05, 4.69) is 20.5 Å². The number of guanidine groups is 1. The van der Waals surface area contributed by atoms with Gasteiger partial charge in [0.15, 0.2) is 17.4 Å². The lowest BCUT2D eigenvalue weighted by molar-refractivity contribution is 0.530. The Labute approximate surface area is 124 Å². The van der Waals surface area contributed by atoms with Gasteiger partial charge in [-0.2, -0.15) is 0 Å². The molecular formula is C15H22N6. The second-order valence-corrected chi connectivity index (χ2v) is 5.58. The number of hydrogen-bond acceptors (Lipinski definition) is 3. The molecule has 0 atom stereocenters. The third-order valence-corrected chi connectivity index (χ3v) is 3.98. The third-order valence-electron chi connectivity index (χ3n) is 3.98. The average molecular weight is 286 g/mol. The summed E-state index contributed by atoms with van der Waals surface area (Å²) in [5, 5.41) is 11.6. The van der Waals surface area contributed by atoms with Gasteiger partial charge < -0.3 is 11.1 Å². The van der Waals surface area contributed by atoms with Crippen LogP contribution in [-0.2, 0) is 6.54 Å². The molecule has 0 saturated heterocycles. The Hall–Kier alpha value is -2.11. The average Bonchev–Trinajstić information content (AvgIpc) is 2.74. The predicted octanol–water partition coefficient (Wildman–Crippen LogP) is 1.86. The van der Waals surface area contributed by atoms with Crippen LogP contribution >= 0.6 is 0 Å². The molecule has 1 fully saturated rings. The second kappa shape index (κ2) is 6.56. The van der Waals surface area contributed by atoms with E-state index in [1.807, 2.05) is 28.8 Å².